The largest absolute Gasteiger partial charge is 0.476 e. The Hall–Kier alpha value is -1.82. The monoisotopic (exact) mass is 304 g/mol. The second kappa shape index (κ2) is 6.30. The highest BCUT2D eigenvalue weighted by molar-refractivity contribution is 7.09. The van der Waals surface area contributed by atoms with Crippen molar-refractivity contribution in [1.82, 2.24) is 9.97 Å². The topological polar surface area (TPSA) is 73.1 Å². The number of anilines is 2. The molecule has 2 heterocycles. The van der Waals surface area contributed by atoms with Gasteiger partial charge < -0.3 is 15.8 Å². The number of hydrogen-bond acceptors (Lipinski definition) is 6. The van der Waals surface area contributed by atoms with Crippen LogP contribution in [0.4, 0.5) is 11.5 Å². The maximum Gasteiger partial charge on any atom is 0.239 e. The first-order valence-electron chi connectivity index (χ1n) is 7.25. The van der Waals surface area contributed by atoms with Gasteiger partial charge in [-0.2, -0.15) is 4.98 Å². The molecule has 1 aliphatic carbocycles. The number of nitrogen functional groups attached to an aromatic ring is 1. The van der Waals surface area contributed by atoms with Crippen LogP contribution in [-0.2, 0) is 6.42 Å². The van der Waals surface area contributed by atoms with Gasteiger partial charge in [0.05, 0.1) is 17.3 Å². The van der Waals surface area contributed by atoms with Crippen LogP contribution in [0, 0.1) is 12.8 Å². The van der Waals surface area contributed by atoms with Crippen LogP contribution in [0.2, 0.25) is 0 Å². The van der Waals surface area contributed by atoms with Crippen LogP contribution < -0.4 is 15.8 Å². The SMILES string of the molecule is Cc1csc(CCNc2ccc(N)c(OCC3CC3)n2)n1. The van der Waals surface area contributed by atoms with Crippen LogP contribution in [0.15, 0.2) is 17.5 Å². The van der Waals surface area contributed by atoms with Gasteiger partial charge in [-0.05, 0) is 37.8 Å². The molecule has 1 fully saturated rings. The second-order valence-corrected chi connectivity index (χ2v) is 6.35. The number of pyridine rings is 1. The number of aromatic nitrogens is 2. The maximum absolute atomic E-state index is 5.89. The van der Waals surface area contributed by atoms with Crippen LogP contribution in [0.1, 0.15) is 23.5 Å². The third-order valence-electron chi connectivity index (χ3n) is 3.35. The molecule has 6 heteroatoms. The first kappa shape index (κ1) is 14.1. The summed E-state index contributed by atoms with van der Waals surface area (Å²) in [4.78, 5) is 8.88. The van der Waals surface area contributed by atoms with Gasteiger partial charge in [0.2, 0.25) is 5.88 Å². The predicted molar refractivity (Wildman–Crippen MR) is 85.9 cm³/mol. The molecule has 1 saturated carbocycles. The quantitative estimate of drug-likeness (QED) is 0.823. The van der Waals surface area contributed by atoms with Crippen molar-refractivity contribution >= 4 is 22.8 Å². The minimum Gasteiger partial charge on any atom is -0.476 e. The van der Waals surface area contributed by atoms with Crippen LogP contribution in [-0.4, -0.2) is 23.1 Å². The van der Waals surface area contributed by atoms with Crippen molar-refractivity contribution in [2.45, 2.75) is 26.2 Å². The van der Waals surface area contributed by atoms with Gasteiger partial charge in [-0.25, -0.2) is 4.98 Å². The summed E-state index contributed by atoms with van der Waals surface area (Å²) >= 11 is 1.69. The van der Waals surface area contributed by atoms with Crippen molar-refractivity contribution in [3.8, 4) is 5.88 Å². The van der Waals surface area contributed by atoms with E-state index in [0.29, 0.717) is 17.5 Å². The van der Waals surface area contributed by atoms with Crippen molar-refractivity contribution in [1.29, 1.82) is 0 Å². The lowest BCUT2D eigenvalue weighted by Crippen LogP contribution is -2.09. The standard InChI is InChI=1S/C15H20N4OS/c1-10-9-21-14(18-10)6-7-17-13-5-4-12(16)15(19-13)20-8-11-2-3-11/h4-5,9,11H,2-3,6-8,16H2,1H3,(H,17,19). The molecule has 0 aliphatic heterocycles. The number of aryl methyl sites for hydroxylation is 1. The summed E-state index contributed by atoms with van der Waals surface area (Å²) in [5.74, 6) is 2.02. The Morgan fingerprint density at radius 3 is 2.95 bits per heavy atom. The Balaban J connectivity index is 1.53. The number of ether oxygens (including phenoxy) is 1. The van der Waals surface area contributed by atoms with E-state index in [9.17, 15) is 0 Å². The minimum absolute atomic E-state index is 0.539. The number of nitrogens with two attached hydrogens (primary N) is 1. The van der Waals surface area contributed by atoms with E-state index in [1.807, 2.05) is 19.1 Å². The third kappa shape index (κ3) is 4.07. The molecule has 2 aromatic rings. The van der Waals surface area contributed by atoms with Crippen molar-refractivity contribution in [3.05, 3.63) is 28.2 Å². The summed E-state index contributed by atoms with van der Waals surface area (Å²) in [5, 5.41) is 6.50. The third-order valence-corrected chi connectivity index (χ3v) is 4.38. The molecule has 0 atom stereocenters. The van der Waals surface area contributed by atoms with Crippen molar-refractivity contribution < 1.29 is 4.74 Å². The Morgan fingerprint density at radius 2 is 2.24 bits per heavy atom. The lowest BCUT2D eigenvalue weighted by atomic mass is 10.3. The normalized spacial score (nSPS) is 14.1. The number of nitrogens with zero attached hydrogens (tertiary/aromatic N) is 2. The van der Waals surface area contributed by atoms with Crippen LogP contribution in [0.25, 0.3) is 0 Å². The van der Waals surface area contributed by atoms with Gasteiger partial charge in [0, 0.05) is 24.0 Å². The van der Waals surface area contributed by atoms with Gasteiger partial charge in [-0.15, -0.1) is 11.3 Å². The first-order valence-corrected chi connectivity index (χ1v) is 8.13. The molecular formula is C15H20N4OS. The number of rotatable bonds is 7. The van der Waals surface area contributed by atoms with E-state index in [-0.39, 0.29) is 0 Å². The molecule has 1 aliphatic rings. The molecule has 112 valence electrons. The molecular weight excluding hydrogens is 284 g/mol. The zero-order chi connectivity index (χ0) is 14.7. The molecule has 0 bridgehead atoms. The zero-order valence-electron chi connectivity index (χ0n) is 12.1. The summed E-state index contributed by atoms with van der Waals surface area (Å²) < 4.78 is 5.68. The highest BCUT2D eigenvalue weighted by Gasteiger charge is 2.22. The summed E-state index contributed by atoms with van der Waals surface area (Å²) in [5.41, 5.74) is 7.57. The molecule has 0 saturated heterocycles. The van der Waals surface area contributed by atoms with Crippen molar-refractivity contribution in [2.75, 3.05) is 24.2 Å². The maximum atomic E-state index is 5.89. The average molecular weight is 304 g/mol. The molecule has 0 unspecified atom stereocenters. The Bertz CT molecular complexity index is 609. The summed E-state index contributed by atoms with van der Waals surface area (Å²) in [6.45, 7) is 3.53. The first-order chi connectivity index (χ1) is 10.2. The second-order valence-electron chi connectivity index (χ2n) is 5.40. The fourth-order valence-corrected chi connectivity index (χ4v) is 2.74. The minimum atomic E-state index is 0.539. The van der Waals surface area contributed by atoms with Gasteiger partial charge in [-0.3, -0.25) is 0 Å². The molecule has 0 spiro atoms. The number of hydrogen-bond donors (Lipinski definition) is 2. The molecule has 0 aromatic carbocycles. The Kier molecular flexibility index (Phi) is 4.24. The lowest BCUT2D eigenvalue weighted by Gasteiger charge is -2.10. The Morgan fingerprint density at radius 1 is 1.38 bits per heavy atom. The fraction of sp³-hybridized carbons (Fsp3) is 0.467. The van der Waals surface area contributed by atoms with Crippen LogP contribution >= 0.6 is 11.3 Å². The zero-order valence-corrected chi connectivity index (χ0v) is 12.9. The summed E-state index contributed by atoms with van der Waals surface area (Å²) in [6.07, 6.45) is 3.40. The predicted octanol–water partition coefficient (Wildman–Crippen LogP) is 2.87. The van der Waals surface area contributed by atoms with E-state index >= 15 is 0 Å². The van der Waals surface area contributed by atoms with Crippen molar-refractivity contribution in [2.24, 2.45) is 5.92 Å². The van der Waals surface area contributed by atoms with Gasteiger partial charge >= 0.3 is 0 Å². The van der Waals surface area contributed by atoms with Crippen LogP contribution in [0.5, 0.6) is 5.88 Å². The lowest BCUT2D eigenvalue weighted by molar-refractivity contribution is 0.290. The van der Waals surface area contributed by atoms with Crippen LogP contribution in [0.3, 0.4) is 0 Å². The average Bonchev–Trinajstić information content (AvgIpc) is 3.21. The van der Waals surface area contributed by atoms with E-state index in [4.69, 9.17) is 10.5 Å². The van der Waals surface area contributed by atoms with E-state index in [1.165, 1.54) is 12.8 Å². The van der Waals surface area contributed by atoms with E-state index in [0.717, 1.165) is 36.1 Å². The summed E-state index contributed by atoms with van der Waals surface area (Å²) in [6, 6.07) is 3.72. The fourth-order valence-electron chi connectivity index (χ4n) is 1.96. The highest BCUT2D eigenvalue weighted by Crippen LogP contribution is 2.30. The molecule has 3 rings (SSSR count). The smallest absolute Gasteiger partial charge is 0.239 e. The molecule has 0 radical (unpaired) electrons. The molecule has 21 heavy (non-hydrogen) atoms. The molecule has 0 amide bonds. The van der Waals surface area contributed by atoms with Gasteiger partial charge in [0.1, 0.15) is 5.82 Å². The molecule has 5 nitrogen and oxygen atoms in total. The Labute approximate surface area is 128 Å². The summed E-state index contributed by atoms with van der Waals surface area (Å²) in [7, 11) is 0. The highest BCUT2D eigenvalue weighted by atomic mass is 32.1. The van der Waals surface area contributed by atoms with Gasteiger partial charge in [-0.1, -0.05) is 0 Å². The van der Waals surface area contributed by atoms with E-state index in [1.54, 1.807) is 11.3 Å². The van der Waals surface area contributed by atoms with Gasteiger partial charge in [0.15, 0.2) is 0 Å². The number of nitrogens with one attached hydrogen (secondary N) is 1. The van der Waals surface area contributed by atoms with E-state index in [2.05, 4.69) is 20.7 Å². The van der Waals surface area contributed by atoms with Gasteiger partial charge in [0.25, 0.3) is 0 Å². The van der Waals surface area contributed by atoms with E-state index < -0.39 is 0 Å². The molecule has 3 N–H and O–H groups in total. The number of thiazole rings is 1. The molecule has 2 aromatic heterocycles. The van der Waals surface area contributed by atoms with Crippen molar-refractivity contribution in [3.63, 3.8) is 0 Å².